The summed E-state index contributed by atoms with van der Waals surface area (Å²) >= 11 is 0. The average Bonchev–Trinajstić information content (AvgIpc) is 2.99. The van der Waals surface area contributed by atoms with Crippen LogP contribution in [0, 0.1) is 5.82 Å². The Morgan fingerprint density at radius 2 is 1.96 bits per heavy atom. The summed E-state index contributed by atoms with van der Waals surface area (Å²) in [6.45, 7) is 2.01. The van der Waals surface area contributed by atoms with E-state index in [0.717, 1.165) is 22.0 Å². The monoisotopic (exact) mass is 334 g/mol. The Labute approximate surface area is 143 Å². The zero-order valence-electron chi connectivity index (χ0n) is 13.5. The van der Waals surface area contributed by atoms with Gasteiger partial charge in [-0.1, -0.05) is 30.3 Å². The Bertz CT molecular complexity index is 1090. The van der Waals surface area contributed by atoms with Crippen molar-refractivity contribution in [2.45, 2.75) is 6.92 Å². The zero-order valence-corrected chi connectivity index (χ0v) is 13.5. The number of carbonyl (C=O) groups is 1. The number of rotatable bonds is 3. The van der Waals surface area contributed by atoms with Crippen molar-refractivity contribution in [1.29, 1.82) is 0 Å². The molecular weight excluding hydrogens is 319 g/mol. The van der Waals surface area contributed by atoms with Crippen LogP contribution in [0.1, 0.15) is 17.4 Å². The number of aromatic nitrogens is 2. The first kappa shape index (κ1) is 15.3. The molecule has 0 spiro atoms. The van der Waals surface area contributed by atoms with E-state index in [0.29, 0.717) is 10.9 Å². The molecule has 25 heavy (non-hydrogen) atoms. The maximum atomic E-state index is 13.8. The Morgan fingerprint density at radius 1 is 1.16 bits per heavy atom. The van der Waals surface area contributed by atoms with Crippen molar-refractivity contribution in [2.24, 2.45) is 0 Å². The SMILES string of the molecule is CCOC(=O)c1ncc2[nH]c3ccc(F)cc3c2c1-c1ccccc1. The summed E-state index contributed by atoms with van der Waals surface area (Å²) in [5.74, 6) is -0.823. The molecule has 0 aliphatic heterocycles. The first-order valence-corrected chi connectivity index (χ1v) is 8.01. The highest BCUT2D eigenvalue weighted by molar-refractivity contribution is 6.17. The Hall–Kier alpha value is -3.21. The van der Waals surface area contributed by atoms with E-state index in [1.54, 1.807) is 19.2 Å². The second kappa shape index (κ2) is 6.02. The lowest BCUT2D eigenvalue weighted by Gasteiger charge is -2.10. The molecule has 124 valence electrons. The van der Waals surface area contributed by atoms with Crippen molar-refractivity contribution in [3.05, 3.63) is 66.2 Å². The molecule has 4 aromatic rings. The number of hydrogen-bond acceptors (Lipinski definition) is 3. The van der Waals surface area contributed by atoms with Gasteiger partial charge in [-0.05, 0) is 30.7 Å². The van der Waals surface area contributed by atoms with E-state index in [9.17, 15) is 9.18 Å². The van der Waals surface area contributed by atoms with Gasteiger partial charge in [-0.3, -0.25) is 0 Å². The summed E-state index contributed by atoms with van der Waals surface area (Å²) in [7, 11) is 0. The molecule has 2 aromatic carbocycles. The number of esters is 1. The number of fused-ring (bicyclic) bond motifs is 3. The standard InChI is InChI=1S/C20H15FN2O2/c1-2-25-20(24)19-17(12-6-4-3-5-7-12)18-14-10-13(21)8-9-15(14)23-16(18)11-22-19/h3-11,23H,2H2,1H3. The van der Waals surface area contributed by atoms with Crippen molar-refractivity contribution in [3.8, 4) is 11.1 Å². The molecule has 4 nitrogen and oxygen atoms in total. The molecule has 0 atom stereocenters. The first-order chi connectivity index (χ1) is 12.2. The third kappa shape index (κ3) is 2.54. The second-order valence-electron chi connectivity index (χ2n) is 5.67. The molecule has 2 aromatic heterocycles. The summed E-state index contributed by atoms with van der Waals surface area (Å²) < 4.78 is 19.0. The maximum absolute atomic E-state index is 13.8. The average molecular weight is 334 g/mol. The highest BCUT2D eigenvalue weighted by Crippen LogP contribution is 2.36. The molecule has 0 aliphatic rings. The predicted octanol–water partition coefficient (Wildman–Crippen LogP) is 4.70. The van der Waals surface area contributed by atoms with E-state index in [-0.39, 0.29) is 18.1 Å². The van der Waals surface area contributed by atoms with Crippen LogP contribution in [0.2, 0.25) is 0 Å². The lowest BCUT2D eigenvalue weighted by atomic mass is 9.98. The van der Waals surface area contributed by atoms with Crippen LogP contribution in [0.3, 0.4) is 0 Å². The van der Waals surface area contributed by atoms with Crippen molar-refractivity contribution < 1.29 is 13.9 Å². The lowest BCUT2D eigenvalue weighted by molar-refractivity contribution is 0.0520. The minimum Gasteiger partial charge on any atom is -0.461 e. The van der Waals surface area contributed by atoms with Crippen LogP contribution < -0.4 is 0 Å². The minimum absolute atomic E-state index is 0.228. The number of hydrogen-bond donors (Lipinski definition) is 1. The molecule has 0 amide bonds. The van der Waals surface area contributed by atoms with E-state index >= 15 is 0 Å². The van der Waals surface area contributed by atoms with E-state index in [1.165, 1.54) is 12.1 Å². The summed E-state index contributed by atoms with van der Waals surface area (Å²) in [5, 5.41) is 1.47. The molecule has 0 radical (unpaired) electrons. The fraction of sp³-hybridized carbons (Fsp3) is 0.100. The van der Waals surface area contributed by atoms with Crippen LogP contribution in [0.25, 0.3) is 32.9 Å². The van der Waals surface area contributed by atoms with Crippen LogP contribution in [0.5, 0.6) is 0 Å². The van der Waals surface area contributed by atoms with Gasteiger partial charge in [0.1, 0.15) is 5.82 Å². The van der Waals surface area contributed by atoms with Crippen molar-refractivity contribution in [2.75, 3.05) is 6.61 Å². The third-order valence-corrected chi connectivity index (χ3v) is 4.13. The van der Waals surface area contributed by atoms with Gasteiger partial charge >= 0.3 is 5.97 Å². The molecule has 4 rings (SSSR count). The van der Waals surface area contributed by atoms with Crippen LogP contribution in [-0.4, -0.2) is 22.5 Å². The fourth-order valence-corrected chi connectivity index (χ4v) is 3.10. The molecule has 0 unspecified atom stereocenters. The Kier molecular flexibility index (Phi) is 3.69. The van der Waals surface area contributed by atoms with Gasteiger partial charge in [-0.2, -0.15) is 0 Å². The van der Waals surface area contributed by atoms with Crippen LogP contribution in [0.15, 0.2) is 54.7 Å². The summed E-state index contributed by atoms with van der Waals surface area (Å²) in [5.41, 5.74) is 3.23. The highest BCUT2D eigenvalue weighted by Gasteiger charge is 2.21. The lowest BCUT2D eigenvalue weighted by Crippen LogP contribution is -2.09. The van der Waals surface area contributed by atoms with E-state index in [2.05, 4.69) is 9.97 Å². The van der Waals surface area contributed by atoms with Crippen molar-refractivity contribution in [1.82, 2.24) is 9.97 Å². The number of ether oxygens (including phenoxy) is 1. The molecule has 0 bridgehead atoms. The predicted molar refractivity (Wildman–Crippen MR) is 95.0 cm³/mol. The van der Waals surface area contributed by atoms with Crippen LogP contribution >= 0.6 is 0 Å². The number of nitrogens with one attached hydrogen (secondary N) is 1. The van der Waals surface area contributed by atoms with Gasteiger partial charge in [0.25, 0.3) is 0 Å². The molecule has 0 aliphatic carbocycles. The minimum atomic E-state index is -0.492. The molecule has 1 N–H and O–H groups in total. The quantitative estimate of drug-likeness (QED) is 0.553. The van der Waals surface area contributed by atoms with Gasteiger partial charge < -0.3 is 9.72 Å². The van der Waals surface area contributed by atoms with E-state index in [4.69, 9.17) is 4.74 Å². The van der Waals surface area contributed by atoms with Gasteiger partial charge in [0.2, 0.25) is 0 Å². The van der Waals surface area contributed by atoms with Crippen molar-refractivity contribution in [3.63, 3.8) is 0 Å². The molecular formula is C20H15FN2O2. The summed E-state index contributed by atoms with van der Waals surface area (Å²) in [4.78, 5) is 20.0. The number of H-pyrrole nitrogens is 1. The molecule has 2 heterocycles. The van der Waals surface area contributed by atoms with E-state index < -0.39 is 5.97 Å². The van der Waals surface area contributed by atoms with Gasteiger partial charge in [0.05, 0.1) is 18.3 Å². The molecule has 0 saturated carbocycles. The maximum Gasteiger partial charge on any atom is 0.357 e. The molecule has 0 saturated heterocycles. The normalized spacial score (nSPS) is 11.1. The van der Waals surface area contributed by atoms with Gasteiger partial charge in [0, 0.05) is 21.9 Å². The Morgan fingerprint density at radius 3 is 2.72 bits per heavy atom. The molecule has 5 heteroatoms. The number of halogens is 1. The first-order valence-electron chi connectivity index (χ1n) is 8.01. The fourth-order valence-electron chi connectivity index (χ4n) is 3.10. The van der Waals surface area contributed by atoms with Crippen LogP contribution in [-0.2, 0) is 4.74 Å². The number of pyridine rings is 1. The third-order valence-electron chi connectivity index (χ3n) is 4.13. The number of carbonyl (C=O) groups excluding carboxylic acids is 1. The number of nitrogens with zero attached hydrogens (tertiary/aromatic N) is 1. The topological polar surface area (TPSA) is 55.0 Å². The molecule has 0 fully saturated rings. The van der Waals surface area contributed by atoms with Gasteiger partial charge in [-0.25, -0.2) is 14.2 Å². The van der Waals surface area contributed by atoms with Gasteiger partial charge in [0.15, 0.2) is 5.69 Å². The Balaban J connectivity index is 2.14. The summed E-state index contributed by atoms with van der Waals surface area (Å²) in [6, 6.07) is 14.0. The van der Waals surface area contributed by atoms with Crippen LogP contribution in [0.4, 0.5) is 4.39 Å². The largest absolute Gasteiger partial charge is 0.461 e. The number of aromatic amines is 1. The van der Waals surface area contributed by atoms with Crippen molar-refractivity contribution >= 4 is 27.8 Å². The summed E-state index contributed by atoms with van der Waals surface area (Å²) in [6.07, 6.45) is 1.59. The number of benzene rings is 2. The highest BCUT2D eigenvalue weighted by atomic mass is 19.1. The van der Waals surface area contributed by atoms with E-state index in [1.807, 2.05) is 30.3 Å². The zero-order chi connectivity index (χ0) is 17.4. The smallest absolute Gasteiger partial charge is 0.357 e. The second-order valence-corrected chi connectivity index (χ2v) is 5.67. The van der Waals surface area contributed by atoms with Gasteiger partial charge in [-0.15, -0.1) is 0 Å².